The first-order chi connectivity index (χ1) is 10.6. The highest BCUT2D eigenvalue weighted by molar-refractivity contribution is 5.90. The lowest BCUT2D eigenvalue weighted by Gasteiger charge is -2.17. The number of hydrogen-bond acceptors (Lipinski definition) is 4. The van der Waals surface area contributed by atoms with Gasteiger partial charge in [0, 0.05) is 5.39 Å². The van der Waals surface area contributed by atoms with E-state index in [1.807, 2.05) is 25.1 Å². The topological polar surface area (TPSA) is 43.5 Å². The quantitative estimate of drug-likeness (QED) is 0.769. The molecule has 0 amide bonds. The summed E-state index contributed by atoms with van der Waals surface area (Å²) in [5.74, 6) is 1.55. The van der Waals surface area contributed by atoms with E-state index in [9.17, 15) is 0 Å². The normalized spacial score (nSPS) is 29.4. The molecule has 2 aliphatic heterocycles. The number of hydrogen-bond donors (Lipinski definition) is 0. The standard InChI is InChI=1S/C18H20O4/c1-17(11-21-17)9-19-15-8-7-13-5-3-4-6-14(13)16(15)20-10-18(2)12-22-18/h3-8H,9-12H2,1-2H3. The third-order valence-corrected chi connectivity index (χ3v) is 4.17. The Morgan fingerprint density at radius 1 is 0.909 bits per heavy atom. The van der Waals surface area contributed by atoms with Crippen LogP contribution in [0.3, 0.4) is 0 Å². The molecule has 4 rings (SSSR count). The molecule has 0 N–H and O–H groups in total. The number of benzene rings is 2. The van der Waals surface area contributed by atoms with Gasteiger partial charge in [0.2, 0.25) is 0 Å². The molecule has 0 aromatic heterocycles. The maximum Gasteiger partial charge on any atom is 0.169 e. The Bertz CT molecular complexity index is 701. The molecular weight excluding hydrogens is 280 g/mol. The first-order valence-corrected chi connectivity index (χ1v) is 7.62. The summed E-state index contributed by atoms with van der Waals surface area (Å²) >= 11 is 0. The molecule has 0 saturated carbocycles. The zero-order valence-corrected chi connectivity index (χ0v) is 12.9. The van der Waals surface area contributed by atoms with E-state index in [1.165, 1.54) is 0 Å². The van der Waals surface area contributed by atoms with Crippen molar-refractivity contribution in [3.8, 4) is 11.5 Å². The minimum absolute atomic E-state index is 0.144. The molecule has 4 nitrogen and oxygen atoms in total. The summed E-state index contributed by atoms with van der Waals surface area (Å²) in [6.07, 6.45) is 0. The van der Waals surface area contributed by atoms with Crippen LogP contribution in [0, 0.1) is 0 Å². The lowest BCUT2D eigenvalue weighted by atomic mass is 10.1. The van der Waals surface area contributed by atoms with E-state index in [2.05, 4.69) is 25.1 Å². The average molecular weight is 300 g/mol. The van der Waals surface area contributed by atoms with E-state index in [1.54, 1.807) is 0 Å². The van der Waals surface area contributed by atoms with Gasteiger partial charge in [-0.3, -0.25) is 0 Å². The molecule has 2 aliphatic rings. The molecule has 0 radical (unpaired) electrons. The van der Waals surface area contributed by atoms with Gasteiger partial charge in [-0.25, -0.2) is 0 Å². The summed E-state index contributed by atoms with van der Waals surface area (Å²) in [5, 5.41) is 2.20. The Kier molecular flexibility index (Phi) is 3.06. The Morgan fingerprint density at radius 3 is 2.23 bits per heavy atom. The molecule has 0 spiro atoms. The van der Waals surface area contributed by atoms with Crippen molar-refractivity contribution in [2.45, 2.75) is 25.0 Å². The molecule has 0 bridgehead atoms. The maximum atomic E-state index is 6.07. The van der Waals surface area contributed by atoms with Gasteiger partial charge in [-0.15, -0.1) is 0 Å². The SMILES string of the molecule is CC1(COc2ccc3ccccc3c2OCC2(C)CO2)CO1. The Hall–Kier alpha value is -1.78. The highest BCUT2D eigenvalue weighted by atomic mass is 16.6. The van der Waals surface area contributed by atoms with Crippen LogP contribution in [-0.2, 0) is 9.47 Å². The number of fused-ring (bicyclic) bond motifs is 1. The monoisotopic (exact) mass is 300 g/mol. The molecule has 4 heteroatoms. The van der Waals surface area contributed by atoms with Crippen molar-refractivity contribution >= 4 is 10.8 Å². The van der Waals surface area contributed by atoms with E-state index < -0.39 is 0 Å². The second-order valence-corrected chi connectivity index (χ2v) is 6.67. The molecule has 2 saturated heterocycles. The van der Waals surface area contributed by atoms with Gasteiger partial charge in [-0.05, 0) is 25.3 Å². The van der Waals surface area contributed by atoms with E-state index in [0.29, 0.717) is 13.2 Å². The van der Waals surface area contributed by atoms with Gasteiger partial charge in [0.15, 0.2) is 11.5 Å². The first kappa shape index (κ1) is 13.9. The van der Waals surface area contributed by atoms with Crippen LogP contribution in [0.4, 0.5) is 0 Å². The lowest BCUT2D eigenvalue weighted by molar-refractivity contribution is 0.178. The lowest BCUT2D eigenvalue weighted by Crippen LogP contribution is -2.19. The van der Waals surface area contributed by atoms with Crippen molar-refractivity contribution in [1.29, 1.82) is 0 Å². The van der Waals surface area contributed by atoms with Gasteiger partial charge in [-0.1, -0.05) is 30.3 Å². The van der Waals surface area contributed by atoms with Crippen LogP contribution in [-0.4, -0.2) is 37.6 Å². The third-order valence-electron chi connectivity index (χ3n) is 4.17. The summed E-state index contributed by atoms with van der Waals surface area (Å²) in [4.78, 5) is 0. The maximum absolute atomic E-state index is 6.07. The average Bonchev–Trinajstić information content (AvgIpc) is 3.44. The molecule has 2 aromatic rings. The van der Waals surface area contributed by atoms with E-state index in [4.69, 9.17) is 18.9 Å². The summed E-state index contributed by atoms with van der Waals surface area (Å²) < 4.78 is 22.8. The van der Waals surface area contributed by atoms with Crippen LogP contribution < -0.4 is 9.47 Å². The summed E-state index contributed by atoms with van der Waals surface area (Å²) in [7, 11) is 0. The van der Waals surface area contributed by atoms with Crippen molar-refractivity contribution in [2.24, 2.45) is 0 Å². The van der Waals surface area contributed by atoms with Gasteiger partial charge >= 0.3 is 0 Å². The van der Waals surface area contributed by atoms with Crippen molar-refractivity contribution < 1.29 is 18.9 Å². The first-order valence-electron chi connectivity index (χ1n) is 7.62. The second kappa shape index (κ2) is 4.86. The molecule has 116 valence electrons. The van der Waals surface area contributed by atoms with E-state index >= 15 is 0 Å². The van der Waals surface area contributed by atoms with Crippen LogP contribution in [0.15, 0.2) is 36.4 Å². The van der Waals surface area contributed by atoms with Crippen LogP contribution in [0.1, 0.15) is 13.8 Å². The Morgan fingerprint density at radius 2 is 1.55 bits per heavy atom. The van der Waals surface area contributed by atoms with Crippen LogP contribution in [0.5, 0.6) is 11.5 Å². The van der Waals surface area contributed by atoms with Crippen molar-refractivity contribution in [3.05, 3.63) is 36.4 Å². The second-order valence-electron chi connectivity index (χ2n) is 6.67. The number of epoxide rings is 2. The molecule has 22 heavy (non-hydrogen) atoms. The Balaban J connectivity index is 1.64. The number of ether oxygens (including phenoxy) is 4. The highest BCUT2D eigenvalue weighted by Gasteiger charge is 2.41. The van der Waals surface area contributed by atoms with Gasteiger partial charge in [0.25, 0.3) is 0 Å². The van der Waals surface area contributed by atoms with Gasteiger partial charge in [0.1, 0.15) is 24.4 Å². The minimum atomic E-state index is -0.153. The summed E-state index contributed by atoms with van der Waals surface area (Å²) in [6.45, 7) is 6.68. The number of rotatable bonds is 6. The van der Waals surface area contributed by atoms with E-state index in [-0.39, 0.29) is 11.2 Å². The zero-order chi connectivity index (χ0) is 15.2. The van der Waals surface area contributed by atoms with Gasteiger partial charge in [-0.2, -0.15) is 0 Å². The predicted octanol–water partition coefficient (Wildman–Crippen LogP) is 3.18. The smallest absolute Gasteiger partial charge is 0.169 e. The third kappa shape index (κ3) is 2.76. The molecule has 0 aliphatic carbocycles. The van der Waals surface area contributed by atoms with Gasteiger partial charge < -0.3 is 18.9 Å². The van der Waals surface area contributed by atoms with E-state index in [0.717, 1.165) is 35.5 Å². The Labute approximate surface area is 129 Å². The molecular formula is C18H20O4. The molecule has 2 unspecified atom stereocenters. The minimum Gasteiger partial charge on any atom is -0.487 e. The summed E-state index contributed by atoms with van der Waals surface area (Å²) in [5.41, 5.74) is -0.297. The van der Waals surface area contributed by atoms with Crippen LogP contribution in [0.25, 0.3) is 10.8 Å². The van der Waals surface area contributed by atoms with Crippen molar-refractivity contribution in [2.75, 3.05) is 26.4 Å². The highest BCUT2D eigenvalue weighted by Crippen LogP contribution is 2.39. The van der Waals surface area contributed by atoms with Crippen LogP contribution in [0.2, 0.25) is 0 Å². The fraction of sp³-hybridized carbons (Fsp3) is 0.444. The summed E-state index contributed by atoms with van der Waals surface area (Å²) in [6, 6.07) is 12.2. The zero-order valence-electron chi connectivity index (χ0n) is 12.9. The molecule has 2 atom stereocenters. The van der Waals surface area contributed by atoms with Crippen molar-refractivity contribution in [3.63, 3.8) is 0 Å². The largest absolute Gasteiger partial charge is 0.487 e. The van der Waals surface area contributed by atoms with Gasteiger partial charge in [0.05, 0.1) is 13.2 Å². The fourth-order valence-corrected chi connectivity index (χ4v) is 2.35. The van der Waals surface area contributed by atoms with Crippen molar-refractivity contribution in [1.82, 2.24) is 0 Å². The molecule has 2 aromatic carbocycles. The fourth-order valence-electron chi connectivity index (χ4n) is 2.35. The van der Waals surface area contributed by atoms with Crippen LogP contribution >= 0.6 is 0 Å². The molecule has 2 heterocycles. The predicted molar refractivity (Wildman–Crippen MR) is 83.7 cm³/mol. The molecule has 2 fully saturated rings.